The van der Waals surface area contributed by atoms with Crippen molar-refractivity contribution >= 4 is 23.0 Å². The molecule has 1 heterocycles. The summed E-state index contributed by atoms with van der Waals surface area (Å²) in [5.41, 5.74) is 0.0424. The molecule has 0 saturated carbocycles. The molecule has 3 aromatic rings. The zero-order valence-corrected chi connectivity index (χ0v) is 14.7. The van der Waals surface area contributed by atoms with E-state index >= 15 is 0 Å². The second-order valence-electron chi connectivity index (χ2n) is 5.82. The number of rotatable bonds is 5. The zero-order valence-electron chi connectivity index (χ0n) is 14.7. The average Bonchev–Trinajstić information content (AvgIpc) is 2.68. The number of carbonyl (C=O) groups excluding carboxylic acids is 1. The Morgan fingerprint density at radius 2 is 1.79 bits per heavy atom. The molecular weight excluding hydrogens is 371 g/mol. The average molecular weight is 387 g/mol. The number of alkyl halides is 3. The highest BCUT2D eigenvalue weighted by Gasteiger charge is 2.33. The monoisotopic (exact) mass is 387 g/mol. The number of anilines is 3. The molecule has 0 bridgehead atoms. The van der Waals surface area contributed by atoms with Crippen LogP contribution in [-0.2, 0) is 6.18 Å². The molecule has 5 nitrogen and oxygen atoms in total. The third-order valence-electron chi connectivity index (χ3n) is 3.84. The van der Waals surface area contributed by atoms with Crippen molar-refractivity contribution in [2.75, 3.05) is 17.7 Å². The maximum absolute atomic E-state index is 13.1. The Hall–Kier alpha value is -3.55. The zero-order chi connectivity index (χ0) is 20.1. The lowest BCUT2D eigenvalue weighted by molar-refractivity contribution is -0.136. The van der Waals surface area contributed by atoms with Gasteiger partial charge in [0.25, 0.3) is 5.91 Å². The van der Waals surface area contributed by atoms with Gasteiger partial charge in [-0.2, -0.15) is 13.2 Å². The van der Waals surface area contributed by atoms with Gasteiger partial charge in [0.2, 0.25) is 0 Å². The van der Waals surface area contributed by atoms with E-state index in [-0.39, 0.29) is 16.9 Å². The van der Waals surface area contributed by atoms with E-state index in [0.29, 0.717) is 11.4 Å². The molecule has 28 heavy (non-hydrogen) atoms. The van der Waals surface area contributed by atoms with E-state index in [1.165, 1.54) is 43.8 Å². The molecule has 0 aliphatic rings. The van der Waals surface area contributed by atoms with Crippen molar-refractivity contribution in [3.05, 3.63) is 78.1 Å². The Kier molecular flexibility index (Phi) is 5.49. The van der Waals surface area contributed by atoms with E-state index < -0.39 is 17.6 Å². The minimum atomic E-state index is -4.50. The fourth-order valence-electron chi connectivity index (χ4n) is 2.53. The number of hydrogen-bond acceptors (Lipinski definition) is 4. The summed E-state index contributed by atoms with van der Waals surface area (Å²) in [6, 6.07) is 13.3. The molecule has 0 atom stereocenters. The van der Waals surface area contributed by atoms with Crippen LogP contribution in [0.2, 0.25) is 0 Å². The summed E-state index contributed by atoms with van der Waals surface area (Å²) >= 11 is 0. The van der Waals surface area contributed by atoms with Crippen molar-refractivity contribution in [1.29, 1.82) is 0 Å². The Morgan fingerprint density at radius 1 is 1.00 bits per heavy atom. The molecular formula is C20H16F3N3O2. The number of hydrogen-bond donors (Lipinski definition) is 2. The third-order valence-corrected chi connectivity index (χ3v) is 3.84. The van der Waals surface area contributed by atoms with Gasteiger partial charge >= 0.3 is 6.18 Å². The molecule has 2 aromatic carbocycles. The smallest absolute Gasteiger partial charge is 0.418 e. The highest BCUT2D eigenvalue weighted by molar-refractivity contribution is 6.04. The maximum atomic E-state index is 13.1. The van der Waals surface area contributed by atoms with Gasteiger partial charge in [-0.05, 0) is 30.3 Å². The van der Waals surface area contributed by atoms with Crippen LogP contribution in [0.4, 0.5) is 30.2 Å². The Bertz CT molecular complexity index is 990. The number of methoxy groups -OCH3 is 1. The fraction of sp³-hybridized carbons (Fsp3) is 0.100. The standard InChI is InChI=1S/C20H16F3N3O2/c1-28-16-6-4-5-14(10-16)26-19(27)13-9-15(12-24-11-13)25-18-8-3-2-7-17(18)20(21,22)23/h2-12,25H,1H3,(H,26,27). The van der Waals surface area contributed by atoms with E-state index in [0.717, 1.165) is 6.07 Å². The number of benzene rings is 2. The number of aromatic nitrogens is 1. The number of pyridine rings is 1. The molecule has 0 aliphatic carbocycles. The summed E-state index contributed by atoms with van der Waals surface area (Å²) in [4.78, 5) is 16.4. The third kappa shape index (κ3) is 4.59. The van der Waals surface area contributed by atoms with E-state index in [2.05, 4.69) is 15.6 Å². The van der Waals surface area contributed by atoms with Crippen LogP contribution >= 0.6 is 0 Å². The van der Waals surface area contributed by atoms with E-state index in [9.17, 15) is 18.0 Å². The van der Waals surface area contributed by atoms with Gasteiger partial charge in [-0.25, -0.2) is 0 Å². The van der Waals surface area contributed by atoms with Crippen molar-refractivity contribution in [3.8, 4) is 5.75 Å². The van der Waals surface area contributed by atoms with E-state index in [4.69, 9.17) is 4.74 Å². The number of ether oxygens (including phenoxy) is 1. The lowest BCUT2D eigenvalue weighted by Gasteiger charge is -2.14. The minimum Gasteiger partial charge on any atom is -0.497 e. The van der Waals surface area contributed by atoms with E-state index in [1.807, 2.05) is 0 Å². The SMILES string of the molecule is COc1cccc(NC(=O)c2cncc(Nc3ccccc3C(F)(F)F)c2)c1. The fourth-order valence-corrected chi connectivity index (χ4v) is 2.53. The van der Waals surface area contributed by atoms with Crippen LogP contribution in [0, 0.1) is 0 Å². The van der Waals surface area contributed by atoms with Gasteiger partial charge in [0.05, 0.1) is 35.8 Å². The normalized spacial score (nSPS) is 11.0. The summed E-state index contributed by atoms with van der Waals surface area (Å²) in [5, 5.41) is 5.37. The molecule has 144 valence electrons. The van der Waals surface area contributed by atoms with Gasteiger partial charge in [0.15, 0.2) is 0 Å². The molecule has 0 spiro atoms. The van der Waals surface area contributed by atoms with Crippen molar-refractivity contribution in [2.24, 2.45) is 0 Å². The second kappa shape index (κ2) is 7.99. The maximum Gasteiger partial charge on any atom is 0.418 e. The van der Waals surface area contributed by atoms with Crippen molar-refractivity contribution in [1.82, 2.24) is 4.98 Å². The molecule has 2 N–H and O–H groups in total. The number of nitrogens with zero attached hydrogens (tertiary/aromatic N) is 1. The predicted molar refractivity (Wildman–Crippen MR) is 99.9 cm³/mol. The van der Waals surface area contributed by atoms with Crippen LogP contribution in [0.1, 0.15) is 15.9 Å². The first-order valence-electron chi connectivity index (χ1n) is 8.20. The Morgan fingerprint density at radius 3 is 2.54 bits per heavy atom. The summed E-state index contributed by atoms with van der Waals surface area (Å²) in [7, 11) is 1.51. The molecule has 0 unspecified atom stereocenters. The van der Waals surface area contributed by atoms with Gasteiger partial charge in [-0.1, -0.05) is 18.2 Å². The topological polar surface area (TPSA) is 63.2 Å². The van der Waals surface area contributed by atoms with Crippen molar-refractivity contribution in [3.63, 3.8) is 0 Å². The molecule has 1 aromatic heterocycles. The Balaban J connectivity index is 1.80. The van der Waals surface area contributed by atoms with E-state index in [1.54, 1.807) is 24.3 Å². The van der Waals surface area contributed by atoms with Crippen LogP contribution in [0.25, 0.3) is 0 Å². The number of nitrogens with one attached hydrogen (secondary N) is 2. The van der Waals surface area contributed by atoms with Gasteiger partial charge in [0, 0.05) is 18.0 Å². The highest BCUT2D eigenvalue weighted by Crippen LogP contribution is 2.35. The first-order valence-corrected chi connectivity index (χ1v) is 8.20. The molecule has 0 fully saturated rings. The van der Waals surface area contributed by atoms with Crippen LogP contribution in [0.3, 0.4) is 0 Å². The summed E-state index contributed by atoms with van der Waals surface area (Å²) in [6.45, 7) is 0. The lowest BCUT2D eigenvalue weighted by Crippen LogP contribution is -2.13. The van der Waals surface area contributed by atoms with Gasteiger partial charge in [0.1, 0.15) is 5.75 Å². The Labute approximate surface area is 159 Å². The summed E-state index contributed by atoms with van der Waals surface area (Å²) in [6.07, 6.45) is -1.83. The highest BCUT2D eigenvalue weighted by atomic mass is 19.4. The van der Waals surface area contributed by atoms with Crippen LogP contribution in [-0.4, -0.2) is 18.0 Å². The van der Waals surface area contributed by atoms with Crippen molar-refractivity contribution in [2.45, 2.75) is 6.18 Å². The van der Waals surface area contributed by atoms with Crippen LogP contribution in [0.15, 0.2) is 67.0 Å². The van der Waals surface area contributed by atoms with Crippen molar-refractivity contribution < 1.29 is 22.7 Å². The summed E-state index contributed by atoms with van der Waals surface area (Å²) < 4.78 is 44.5. The summed E-state index contributed by atoms with van der Waals surface area (Å²) in [5.74, 6) is 0.128. The number of halogens is 3. The molecule has 0 radical (unpaired) electrons. The molecule has 3 rings (SSSR count). The van der Waals surface area contributed by atoms with Gasteiger partial charge < -0.3 is 15.4 Å². The molecule has 8 heteroatoms. The molecule has 0 aliphatic heterocycles. The second-order valence-corrected chi connectivity index (χ2v) is 5.82. The van der Waals surface area contributed by atoms with Crippen LogP contribution in [0.5, 0.6) is 5.75 Å². The first kappa shape index (κ1) is 19.2. The van der Waals surface area contributed by atoms with Gasteiger partial charge in [-0.3, -0.25) is 9.78 Å². The van der Waals surface area contributed by atoms with Crippen LogP contribution < -0.4 is 15.4 Å². The number of para-hydroxylation sites is 1. The number of amides is 1. The quantitative estimate of drug-likeness (QED) is 0.639. The number of carbonyl (C=O) groups is 1. The predicted octanol–water partition coefficient (Wildman–Crippen LogP) is 5.10. The van der Waals surface area contributed by atoms with Gasteiger partial charge in [-0.15, -0.1) is 0 Å². The largest absolute Gasteiger partial charge is 0.497 e. The molecule has 0 saturated heterocycles. The lowest BCUT2D eigenvalue weighted by atomic mass is 10.1. The molecule has 1 amide bonds. The first-order chi connectivity index (χ1) is 13.4. The minimum absolute atomic E-state index is 0.123.